The lowest BCUT2D eigenvalue weighted by Gasteiger charge is -2.38. The normalized spacial score (nSPS) is 19.0. The molecule has 3 atom stereocenters. The highest BCUT2D eigenvalue weighted by molar-refractivity contribution is 5.99. The minimum Gasteiger partial charge on any atom is -0.488 e. The van der Waals surface area contributed by atoms with Crippen molar-refractivity contribution in [2.75, 3.05) is 32.1 Å². The highest BCUT2D eigenvalue weighted by Gasteiger charge is 2.34. The Kier molecular flexibility index (Phi) is 9.56. The predicted octanol–water partition coefficient (Wildman–Crippen LogP) is 4.32. The third-order valence-corrected chi connectivity index (χ3v) is 6.37. The fraction of sp³-hybridized carbons (Fsp3) is 0.481. The van der Waals surface area contributed by atoms with Crippen LogP contribution in [0.4, 0.5) is 18.9 Å². The van der Waals surface area contributed by atoms with Gasteiger partial charge in [0.2, 0.25) is 5.91 Å². The standard InChI is InChI=1S/C27H34F3N3O4/c1-18-14-33(19(2)17-34)26(36)22-13-21(31-25(35)11-12-27(28,29)30)9-10-23(22)37-24(18)16-32(3)15-20-7-5-4-6-8-20/h4-10,13,18-19,24,34H,11-12,14-17H2,1-3H3,(H,31,35)/t18-,19-,24-/m1/s1. The Balaban J connectivity index is 1.84. The maximum absolute atomic E-state index is 13.5. The fourth-order valence-corrected chi connectivity index (χ4v) is 4.26. The van der Waals surface area contributed by atoms with Gasteiger partial charge in [0, 0.05) is 37.7 Å². The van der Waals surface area contributed by atoms with Gasteiger partial charge in [0.05, 0.1) is 24.6 Å². The number of nitrogens with one attached hydrogen (secondary N) is 1. The fourth-order valence-electron chi connectivity index (χ4n) is 4.26. The second kappa shape index (κ2) is 12.4. The van der Waals surface area contributed by atoms with Crippen LogP contribution in [0.3, 0.4) is 0 Å². The first-order valence-corrected chi connectivity index (χ1v) is 12.3. The summed E-state index contributed by atoms with van der Waals surface area (Å²) in [6.07, 6.45) is -6.68. The molecule has 0 aliphatic carbocycles. The molecular formula is C27H34F3N3O4. The number of hydrogen-bond donors (Lipinski definition) is 2. The van der Waals surface area contributed by atoms with Crippen LogP contribution >= 0.6 is 0 Å². The van der Waals surface area contributed by atoms with E-state index in [1.807, 2.05) is 44.3 Å². The minimum absolute atomic E-state index is 0.0638. The SMILES string of the molecule is C[C@@H]1CN([C@H](C)CO)C(=O)c2cc(NC(=O)CCC(F)(F)F)ccc2O[C@@H]1CN(C)Cc1ccccc1. The average molecular weight is 522 g/mol. The van der Waals surface area contributed by atoms with Crippen molar-refractivity contribution in [3.05, 3.63) is 59.7 Å². The quantitative estimate of drug-likeness (QED) is 0.514. The van der Waals surface area contributed by atoms with Crippen molar-refractivity contribution in [2.45, 2.75) is 51.6 Å². The van der Waals surface area contributed by atoms with Gasteiger partial charge in [0.25, 0.3) is 5.91 Å². The van der Waals surface area contributed by atoms with Crippen molar-refractivity contribution in [2.24, 2.45) is 5.92 Å². The summed E-state index contributed by atoms with van der Waals surface area (Å²) in [6.45, 7) is 5.12. The molecule has 202 valence electrons. The Hall–Kier alpha value is -3.11. The number of carbonyl (C=O) groups is 2. The lowest BCUT2D eigenvalue weighted by atomic mass is 9.99. The minimum atomic E-state index is -4.44. The van der Waals surface area contributed by atoms with Crippen molar-refractivity contribution >= 4 is 17.5 Å². The number of aliphatic hydroxyl groups excluding tert-OH is 1. The first kappa shape index (κ1) is 28.5. The summed E-state index contributed by atoms with van der Waals surface area (Å²) < 4.78 is 43.8. The van der Waals surface area contributed by atoms with Crippen LogP contribution in [-0.4, -0.2) is 71.8 Å². The van der Waals surface area contributed by atoms with Gasteiger partial charge in [0.1, 0.15) is 11.9 Å². The number of ether oxygens (including phenoxy) is 1. The molecule has 0 spiro atoms. The zero-order chi connectivity index (χ0) is 27.2. The van der Waals surface area contributed by atoms with Crippen molar-refractivity contribution in [3.63, 3.8) is 0 Å². The Morgan fingerprint density at radius 3 is 2.59 bits per heavy atom. The molecule has 7 nitrogen and oxygen atoms in total. The smallest absolute Gasteiger partial charge is 0.389 e. The summed E-state index contributed by atoms with van der Waals surface area (Å²) in [5.41, 5.74) is 1.53. The number of alkyl halides is 3. The van der Waals surface area contributed by atoms with E-state index in [9.17, 15) is 27.9 Å². The molecule has 37 heavy (non-hydrogen) atoms. The monoisotopic (exact) mass is 521 g/mol. The van der Waals surface area contributed by atoms with Crippen LogP contribution in [-0.2, 0) is 11.3 Å². The van der Waals surface area contributed by atoms with Gasteiger partial charge in [-0.3, -0.25) is 14.5 Å². The Morgan fingerprint density at radius 2 is 1.95 bits per heavy atom. The Labute approximate surface area is 215 Å². The molecule has 0 aromatic heterocycles. The number of benzene rings is 2. The lowest BCUT2D eigenvalue weighted by molar-refractivity contribution is -0.142. The highest BCUT2D eigenvalue weighted by Crippen LogP contribution is 2.31. The van der Waals surface area contributed by atoms with Crippen LogP contribution < -0.4 is 10.1 Å². The molecule has 0 unspecified atom stereocenters. The molecule has 2 amide bonds. The van der Waals surface area contributed by atoms with E-state index >= 15 is 0 Å². The predicted molar refractivity (Wildman–Crippen MR) is 134 cm³/mol. The number of anilines is 1. The number of fused-ring (bicyclic) bond motifs is 1. The molecule has 0 bridgehead atoms. The molecule has 2 aromatic carbocycles. The first-order chi connectivity index (χ1) is 17.5. The third kappa shape index (κ3) is 8.19. The number of halogens is 3. The molecule has 1 aliphatic heterocycles. The summed E-state index contributed by atoms with van der Waals surface area (Å²) >= 11 is 0. The molecule has 0 saturated carbocycles. The van der Waals surface area contributed by atoms with Gasteiger partial charge in [-0.25, -0.2) is 0 Å². The van der Waals surface area contributed by atoms with E-state index in [0.717, 1.165) is 5.56 Å². The van der Waals surface area contributed by atoms with Gasteiger partial charge in [-0.2, -0.15) is 13.2 Å². The molecule has 3 rings (SSSR count). The van der Waals surface area contributed by atoms with E-state index in [4.69, 9.17) is 4.74 Å². The van der Waals surface area contributed by atoms with E-state index < -0.39 is 31.0 Å². The van der Waals surface area contributed by atoms with Crippen molar-refractivity contribution < 1.29 is 32.6 Å². The van der Waals surface area contributed by atoms with Gasteiger partial charge >= 0.3 is 6.18 Å². The van der Waals surface area contributed by atoms with Crippen molar-refractivity contribution in [1.82, 2.24) is 9.80 Å². The largest absolute Gasteiger partial charge is 0.488 e. The molecule has 0 fully saturated rings. The maximum Gasteiger partial charge on any atom is 0.389 e. The van der Waals surface area contributed by atoms with E-state index in [1.165, 1.54) is 12.1 Å². The van der Waals surface area contributed by atoms with Crippen LogP contribution in [0.2, 0.25) is 0 Å². The first-order valence-electron chi connectivity index (χ1n) is 12.3. The molecule has 0 saturated heterocycles. The van der Waals surface area contributed by atoms with Crippen molar-refractivity contribution in [1.29, 1.82) is 0 Å². The number of nitrogens with zero attached hydrogens (tertiary/aromatic N) is 2. The third-order valence-electron chi connectivity index (χ3n) is 6.37. The summed E-state index contributed by atoms with van der Waals surface area (Å²) in [5.74, 6) is -0.929. The van der Waals surface area contributed by atoms with Gasteiger partial charge in [-0.05, 0) is 37.7 Å². The Bertz CT molecular complexity index is 1060. The zero-order valence-electron chi connectivity index (χ0n) is 21.3. The maximum atomic E-state index is 13.5. The average Bonchev–Trinajstić information content (AvgIpc) is 2.85. The number of likely N-dealkylation sites (N-methyl/N-ethyl adjacent to an activating group) is 1. The van der Waals surface area contributed by atoms with E-state index in [2.05, 4.69) is 10.2 Å². The molecule has 10 heteroatoms. The van der Waals surface area contributed by atoms with Crippen LogP contribution in [0.5, 0.6) is 5.75 Å². The van der Waals surface area contributed by atoms with Crippen LogP contribution in [0.25, 0.3) is 0 Å². The van der Waals surface area contributed by atoms with Gasteiger partial charge in [-0.1, -0.05) is 37.3 Å². The summed E-state index contributed by atoms with van der Waals surface area (Å²) in [6, 6.07) is 14.0. The molecular weight excluding hydrogens is 487 g/mol. The van der Waals surface area contributed by atoms with E-state index in [1.54, 1.807) is 17.9 Å². The van der Waals surface area contributed by atoms with Crippen LogP contribution in [0.15, 0.2) is 48.5 Å². The number of aliphatic hydroxyl groups is 1. The molecule has 1 heterocycles. The molecule has 1 aliphatic rings. The number of hydrogen-bond acceptors (Lipinski definition) is 5. The van der Waals surface area contributed by atoms with Crippen LogP contribution in [0, 0.1) is 5.92 Å². The summed E-state index contributed by atoms with van der Waals surface area (Å²) in [7, 11) is 1.99. The lowest BCUT2D eigenvalue weighted by Crippen LogP contribution is -2.49. The second-order valence-corrected chi connectivity index (χ2v) is 9.68. The number of amides is 2. The topological polar surface area (TPSA) is 82.1 Å². The molecule has 2 N–H and O–H groups in total. The highest BCUT2D eigenvalue weighted by atomic mass is 19.4. The van der Waals surface area contributed by atoms with Gasteiger partial charge in [-0.15, -0.1) is 0 Å². The summed E-state index contributed by atoms with van der Waals surface area (Å²) in [5, 5.41) is 12.2. The van der Waals surface area contributed by atoms with E-state index in [0.29, 0.717) is 25.4 Å². The summed E-state index contributed by atoms with van der Waals surface area (Å²) in [4.78, 5) is 29.2. The molecule has 2 aromatic rings. The van der Waals surface area contributed by atoms with Crippen molar-refractivity contribution in [3.8, 4) is 5.75 Å². The second-order valence-electron chi connectivity index (χ2n) is 9.68. The Morgan fingerprint density at radius 1 is 1.24 bits per heavy atom. The van der Waals surface area contributed by atoms with Crippen LogP contribution in [0.1, 0.15) is 42.6 Å². The number of carbonyl (C=O) groups excluding carboxylic acids is 2. The molecule has 0 radical (unpaired) electrons. The zero-order valence-corrected chi connectivity index (χ0v) is 21.3. The van der Waals surface area contributed by atoms with Gasteiger partial charge in [0.15, 0.2) is 0 Å². The number of rotatable bonds is 9. The van der Waals surface area contributed by atoms with E-state index in [-0.39, 0.29) is 35.8 Å². The van der Waals surface area contributed by atoms with Gasteiger partial charge < -0.3 is 20.1 Å².